The average Bonchev–Trinajstić information content (AvgIpc) is 2.87. The van der Waals surface area contributed by atoms with Gasteiger partial charge in [-0.25, -0.2) is 4.98 Å². The van der Waals surface area contributed by atoms with Gasteiger partial charge in [0.05, 0.1) is 5.52 Å². The van der Waals surface area contributed by atoms with Crippen LogP contribution in [0, 0.1) is 13.8 Å². The fourth-order valence-electron chi connectivity index (χ4n) is 4.59. The van der Waals surface area contributed by atoms with E-state index in [9.17, 15) is 0 Å². The highest BCUT2D eigenvalue weighted by Gasteiger charge is 2.10. The van der Waals surface area contributed by atoms with Crippen LogP contribution in [0.4, 0.5) is 5.82 Å². The Kier molecular flexibility index (Phi) is 7.33. The summed E-state index contributed by atoms with van der Waals surface area (Å²) in [5, 5.41) is 2.12. The van der Waals surface area contributed by atoms with E-state index in [1.54, 1.807) is 0 Å². The molecule has 0 fully saturated rings. The molecule has 0 spiro atoms. The molecule has 0 saturated carbocycles. The summed E-state index contributed by atoms with van der Waals surface area (Å²) in [6.07, 6.45) is 3.96. The maximum atomic E-state index is 9.16. The van der Waals surface area contributed by atoms with Crippen molar-refractivity contribution in [1.29, 1.82) is 0 Å². The molecule has 7 heteroatoms. The summed E-state index contributed by atoms with van der Waals surface area (Å²) in [7, 11) is -1.92. The van der Waals surface area contributed by atoms with Crippen molar-refractivity contribution in [2.24, 2.45) is 0 Å². The Labute approximate surface area is 217 Å². The molecule has 0 saturated heterocycles. The summed E-state index contributed by atoms with van der Waals surface area (Å²) in [4.78, 5) is 27.5. The molecule has 0 unspecified atom stereocenters. The van der Waals surface area contributed by atoms with Crippen LogP contribution in [0.1, 0.15) is 33.4 Å². The number of nitrogens with two attached hydrogens (primary N) is 1. The topological polar surface area (TPSA) is 101 Å². The molecule has 3 aromatic carbocycles. The summed E-state index contributed by atoms with van der Waals surface area (Å²) in [6.45, 7) is 4.62. The van der Waals surface area contributed by atoms with Crippen LogP contribution in [0.15, 0.2) is 72.9 Å². The van der Waals surface area contributed by atoms with E-state index in [1.165, 1.54) is 11.1 Å². The molecule has 0 atom stereocenters. The first-order valence-corrected chi connectivity index (χ1v) is 13.7. The van der Waals surface area contributed by atoms with Crippen LogP contribution in [0.5, 0.6) is 5.75 Å². The van der Waals surface area contributed by atoms with Crippen LogP contribution in [-0.4, -0.2) is 19.8 Å². The van der Waals surface area contributed by atoms with E-state index >= 15 is 0 Å². The second kappa shape index (κ2) is 10.8. The lowest BCUT2D eigenvalue weighted by atomic mass is 9.99. The van der Waals surface area contributed by atoms with Gasteiger partial charge < -0.3 is 20.3 Å². The van der Waals surface area contributed by atoms with Gasteiger partial charge in [0.1, 0.15) is 17.9 Å². The lowest BCUT2D eigenvalue weighted by molar-refractivity contribution is 0.306. The minimum absolute atomic E-state index is 0.286. The number of aryl methyl sites for hydroxylation is 4. The summed E-state index contributed by atoms with van der Waals surface area (Å²) < 4.78 is 6.00. The van der Waals surface area contributed by atoms with Gasteiger partial charge in [-0.15, -0.1) is 0 Å². The van der Waals surface area contributed by atoms with Gasteiger partial charge in [0.15, 0.2) is 14.2 Å². The molecule has 0 aliphatic carbocycles. The summed E-state index contributed by atoms with van der Waals surface area (Å²) >= 11 is 0. The number of aromatic nitrogens is 2. The van der Waals surface area contributed by atoms with Crippen molar-refractivity contribution in [3.63, 3.8) is 0 Å². The maximum Gasteiger partial charge on any atom is 0.169 e. The minimum Gasteiger partial charge on any atom is -0.489 e. The van der Waals surface area contributed by atoms with Gasteiger partial charge in [-0.3, -0.25) is 4.98 Å². The van der Waals surface area contributed by atoms with Gasteiger partial charge in [0.25, 0.3) is 0 Å². The third-order valence-electron chi connectivity index (χ3n) is 6.62. The zero-order chi connectivity index (χ0) is 25.9. The molecule has 0 bridgehead atoms. The molecule has 37 heavy (non-hydrogen) atoms. The highest BCUT2D eigenvalue weighted by molar-refractivity contribution is 7.44. The average molecular weight is 512 g/mol. The normalized spacial score (nSPS) is 11.5. The predicted molar refractivity (Wildman–Crippen MR) is 151 cm³/mol. The first kappa shape index (κ1) is 25.1. The summed E-state index contributed by atoms with van der Waals surface area (Å²) in [5.74, 6) is 1.29. The Bertz CT molecular complexity index is 1570. The van der Waals surface area contributed by atoms with Crippen molar-refractivity contribution >= 4 is 36.0 Å². The molecule has 0 radical (unpaired) electrons. The number of nitrogens with zero attached hydrogens (tertiary/aromatic N) is 2. The molecule has 0 aliphatic heterocycles. The number of anilines is 1. The second-order valence-corrected chi connectivity index (χ2v) is 10.5. The Morgan fingerprint density at radius 1 is 0.838 bits per heavy atom. The highest BCUT2D eigenvalue weighted by atomic mass is 31.2. The summed E-state index contributed by atoms with van der Waals surface area (Å²) in [6, 6.07) is 22.4. The number of hydrogen-bond acceptors (Lipinski definition) is 6. The highest BCUT2D eigenvalue weighted by Crippen LogP contribution is 2.30. The smallest absolute Gasteiger partial charge is 0.169 e. The number of hydrogen-bond donors (Lipinski definition) is 3. The molecule has 0 amide bonds. The number of benzene rings is 3. The zero-order valence-electron chi connectivity index (χ0n) is 21.0. The van der Waals surface area contributed by atoms with Gasteiger partial charge in [0, 0.05) is 23.1 Å². The predicted octanol–water partition coefficient (Wildman–Crippen LogP) is 6.14. The van der Waals surface area contributed by atoms with E-state index in [-0.39, 0.29) is 6.16 Å². The monoisotopic (exact) mass is 511 g/mol. The summed E-state index contributed by atoms with van der Waals surface area (Å²) in [5.41, 5.74) is 14.6. The van der Waals surface area contributed by atoms with E-state index < -0.39 is 8.38 Å². The SMILES string of the molecule is Cc1ccc2c(c1)nc(N)c1ncc(CCc3ccc(OCc4ccc(CP(O)O)cc4)cc3C)cc12. The van der Waals surface area contributed by atoms with Crippen LogP contribution >= 0.6 is 8.38 Å². The molecule has 5 aromatic rings. The molecule has 4 N–H and O–H groups in total. The van der Waals surface area contributed by atoms with Crippen LogP contribution < -0.4 is 10.5 Å². The van der Waals surface area contributed by atoms with E-state index in [0.29, 0.717) is 12.4 Å². The largest absolute Gasteiger partial charge is 0.489 e. The van der Waals surface area contributed by atoms with E-state index in [2.05, 4.69) is 60.2 Å². The van der Waals surface area contributed by atoms with Crippen molar-refractivity contribution < 1.29 is 14.5 Å². The lowest BCUT2D eigenvalue weighted by Gasteiger charge is -2.12. The van der Waals surface area contributed by atoms with Crippen molar-refractivity contribution in [2.75, 3.05) is 5.73 Å². The van der Waals surface area contributed by atoms with Crippen molar-refractivity contribution in [3.8, 4) is 5.75 Å². The van der Waals surface area contributed by atoms with Crippen molar-refractivity contribution in [3.05, 3.63) is 106 Å². The van der Waals surface area contributed by atoms with Crippen LogP contribution in [0.25, 0.3) is 21.8 Å². The maximum absolute atomic E-state index is 9.16. The zero-order valence-corrected chi connectivity index (χ0v) is 21.9. The van der Waals surface area contributed by atoms with Gasteiger partial charge in [-0.1, -0.05) is 42.5 Å². The molecular weight excluding hydrogens is 481 g/mol. The Balaban J connectivity index is 1.26. The van der Waals surface area contributed by atoms with Crippen molar-refractivity contribution in [1.82, 2.24) is 9.97 Å². The molecule has 2 heterocycles. The van der Waals surface area contributed by atoms with Gasteiger partial charge >= 0.3 is 0 Å². The van der Waals surface area contributed by atoms with Crippen molar-refractivity contribution in [2.45, 2.75) is 39.5 Å². The fourth-order valence-corrected chi connectivity index (χ4v) is 5.12. The standard InChI is InChI=1S/C30H30N3O3P/c1-19-3-12-26-27-15-23(16-32-29(27)30(31)33-28(26)13-19)8-9-24-10-11-25(14-20(24)2)36-17-21-4-6-22(7-5-21)18-37(34)35/h3-7,10-16,34-35H,8-9,17-18H2,1-2H3,(H2,31,33). The molecule has 0 aliphatic rings. The third kappa shape index (κ3) is 5.89. The molecule has 188 valence electrons. The number of pyridine rings is 2. The Hall–Kier alpha value is -3.57. The van der Waals surface area contributed by atoms with Gasteiger partial charge in [-0.2, -0.15) is 0 Å². The number of rotatable bonds is 8. The van der Waals surface area contributed by atoms with Crippen LogP contribution in [0.3, 0.4) is 0 Å². The minimum atomic E-state index is -1.92. The van der Waals surface area contributed by atoms with E-state index in [4.69, 9.17) is 20.3 Å². The molecule has 5 rings (SSSR count). The molecule has 6 nitrogen and oxygen atoms in total. The Morgan fingerprint density at radius 3 is 2.38 bits per heavy atom. The number of ether oxygens (including phenoxy) is 1. The molecule has 2 aromatic heterocycles. The first-order valence-electron chi connectivity index (χ1n) is 12.3. The number of nitrogen functional groups attached to an aromatic ring is 1. The van der Waals surface area contributed by atoms with Gasteiger partial charge in [-0.05, 0) is 84.3 Å². The first-order chi connectivity index (χ1) is 17.9. The fraction of sp³-hybridized carbons (Fsp3) is 0.200. The van der Waals surface area contributed by atoms with E-state index in [0.717, 1.165) is 62.7 Å². The van der Waals surface area contributed by atoms with Crippen LogP contribution in [-0.2, 0) is 25.6 Å². The lowest BCUT2D eigenvalue weighted by Crippen LogP contribution is -2.00. The van der Waals surface area contributed by atoms with E-state index in [1.807, 2.05) is 36.5 Å². The molecular formula is C30H30N3O3P. The Morgan fingerprint density at radius 2 is 1.62 bits per heavy atom. The second-order valence-electron chi connectivity index (χ2n) is 9.48. The number of fused-ring (bicyclic) bond motifs is 3. The van der Waals surface area contributed by atoms with Crippen LogP contribution in [0.2, 0.25) is 0 Å². The third-order valence-corrected chi connectivity index (χ3v) is 7.27. The van der Waals surface area contributed by atoms with Gasteiger partial charge in [0.2, 0.25) is 0 Å². The quantitative estimate of drug-likeness (QED) is 0.171.